The van der Waals surface area contributed by atoms with E-state index in [9.17, 15) is 13.2 Å². The first-order valence-corrected chi connectivity index (χ1v) is 13.5. The lowest BCUT2D eigenvalue weighted by atomic mass is 10.2. The van der Waals surface area contributed by atoms with Crippen LogP contribution in [-0.2, 0) is 10.0 Å². The van der Waals surface area contributed by atoms with E-state index in [-0.39, 0.29) is 15.5 Å². The lowest BCUT2D eigenvalue weighted by Crippen LogP contribution is -2.32. The van der Waals surface area contributed by atoms with Gasteiger partial charge in [0.1, 0.15) is 4.90 Å². The number of nitrogens with zero attached hydrogens (tertiary/aromatic N) is 3. The van der Waals surface area contributed by atoms with Gasteiger partial charge in [0, 0.05) is 24.4 Å². The van der Waals surface area contributed by atoms with Gasteiger partial charge >= 0.3 is 0 Å². The third-order valence-corrected chi connectivity index (χ3v) is 9.32. The molecule has 11 heteroatoms. The van der Waals surface area contributed by atoms with Gasteiger partial charge in [-0.3, -0.25) is 10.1 Å². The maximum Gasteiger partial charge on any atom is 0.257 e. The smallest absolute Gasteiger partial charge is 0.257 e. The molecule has 0 unspecified atom stereocenters. The molecule has 0 radical (unpaired) electrons. The number of thioether (sulfide) groups is 1. The maximum atomic E-state index is 13.1. The lowest BCUT2D eigenvalue weighted by Gasteiger charge is -2.21. The Kier molecular flexibility index (Phi) is 8.14. The van der Waals surface area contributed by atoms with Crippen LogP contribution < -0.4 is 5.32 Å². The number of carbonyl (C=O) groups is 1. The van der Waals surface area contributed by atoms with Gasteiger partial charge in [-0.1, -0.05) is 61.4 Å². The van der Waals surface area contributed by atoms with E-state index in [1.165, 1.54) is 33.8 Å². The number of hydrogen-bond acceptors (Lipinski definition) is 7. The Labute approximate surface area is 190 Å². The van der Waals surface area contributed by atoms with Crippen molar-refractivity contribution >= 4 is 55.8 Å². The van der Waals surface area contributed by atoms with E-state index in [1.807, 2.05) is 0 Å². The average molecular weight is 489 g/mol. The third kappa shape index (κ3) is 5.94. The minimum Gasteiger partial charge on any atom is -0.296 e. The number of aromatic nitrogens is 2. The monoisotopic (exact) mass is 488 g/mol. The molecule has 1 aliphatic heterocycles. The molecular formula is C19H25ClN4O3S3. The lowest BCUT2D eigenvalue weighted by molar-refractivity contribution is 0.102. The number of hydrogen-bond donors (Lipinski definition) is 1. The van der Waals surface area contributed by atoms with Gasteiger partial charge in [-0.15, -0.1) is 10.2 Å². The zero-order valence-electron chi connectivity index (χ0n) is 16.9. The van der Waals surface area contributed by atoms with Crippen LogP contribution in [-0.4, -0.2) is 47.7 Å². The number of carbonyl (C=O) groups excluding carboxylic acids is 1. The van der Waals surface area contributed by atoms with Gasteiger partial charge < -0.3 is 0 Å². The van der Waals surface area contributed by atoms with Crippen LogP contribution in [0.25, 0.3) is 0 Å². The Hall–Kier alpha value is -1.20. The minimum absolute atomic E-state index is 0.0378. The second-order valence-corrected chi connectivity index (χ2v) is 12.1. The summed E-state index contributed by atoms with van der Waals surface area (Å²) in [5.74, 6) is 0.989. The fourth-order valence-corrected chi connectivity index (χ4v) is 6.73. The molecule has 0 aliphatic carbocycles. The summed E-state index contributed by atoms with van der Waals surface area (Å²) in [5, 5.41) is 11.2. The van der Waals surface area contributed by atoms with Crippen molar-refractivity contribution in [2.45, 2.75) is 48.8 Å². The van der Waals surface area contributed by atoms with Crippen LogP contribution in [0, 0.1) is 5.92 Å². The Bertz CT molecular complexity index is 987. The van der Waals surface area contributed by atoms with Crippen molar-refractivity contribution in [1.82, 2.24) is 14.5 Å². The molecule has 0 bridgehead atoms. The van der Waals surface area contributed by atoms with Crippen LogP contribution in [0.4, 0.5) is 5.13 Å². The van der Waals surface area contributed by atoms with Crippen molar-refractivity contribution < 1.29 is 13.2 Å². The Morgan fingerprint density at radius 1 is 1.23 bits per heavy atom. The predicted molar refractivity (Wildman–Crippen MR) is 122 cm³/mol. The minimum atomic E-state index is -3.76. The molecule has 1 N–H and O–H groups in total. The van der Waals surface area contributed by atoms with Crippen molar-refractivity contribution in [1.29, 1.82) is 0 Å². The molecular weight excluding hydrogens is 464 g/mol. The number of rotatable bonds is 7. The van der Waals surface area contributed by atoms with Crippen molar-refractivity contribution in [3.05, 3.63) is 28.8 Å². The van der Waals surface area contributed by atoms with Gasteiger partial charge in [-0.2, -0.15) is 4.31 Å². The van der Waals surface area contributed by atoms with Crippen molar-refractivity contribution in [2.24, 2.45) is 5.92 Å². The van der Waals surface area contributed by atoms with Gasteiger partial charge in [-0.05, 0) is 37.0 Å². The molecule has 1 fully saturated rings. The summed E-state index contributed by atoms with van der Waals surface area (Å²) >= 11 is 9.09. The predicted octanol–water partition coefficient (Wildman–Crippen LogP) is 4.76. The summed E-state index contributed by atoms with van der Waals surface area (Å²) in [6, 6.07) is 4.30. The summed E-state index contributed by atoms with van der Waals surface area (Å²) in [6.45, 7) is 5.18. The Morgan fingerprint density at radius 2 is 1.93 bits per heavy atom. The molecule has 1 aromatic heterocycles. The highest BCUT2D eigenvalue weighted by atomic mass is 35.5. The molecule has 2 aromatic rings. The van der Waals surface area contributed by atoms with E-state index in [4.69, 9.17) is 11.6 Å². The third-order valence-electron chi connectivity index (χ3n) is 4.54. The quantitative estimate of drug-likeness (QED) is 0.446. The van der Waals surface area contributed by atoms with E-state index in [0.717, 1.165) is 35.8 Å². The van der Waals surface area contributed by atoms with Crippen molar-refractivity contribution in [3.8, 4) is 0 Å². The van der Waals surface area contributed by atoms with Crippen LogP contribution >= 0.6 is 34.7 Å². The summed E-state index contributed by atoms with van der Waals surface area (Å²) in [7, 11) is -3.76. The molecule has 1 aromatic carbocycles. The molecule has 0 spiro atoms. The zero-order chi connectivity index (χ0) is 21.7. The number of nitrogens with one attached hydrogen (secondary N) is 1. The molecule has 7 nitrogen and oxygen atoms in total. The van der Waals surface area contributed by atoms with Gasteiger partial charge in [0.05, 0.1) is 5.02 Å². The average Bonchev–Trinajstić information content (AvgIpc) is 2.96. The first kappa shape index (κ1) is 23.5. The van der Waals surface area contributed by atoms with E-state index in [0.29, 0.717) is 24.1 Å². The van der Waals surface area contributed by atoms with Crippen LogP contribution in [0.1, 0.15) is 49.9 Å². The van der Waals surface area contributed by atoms with Gasteiger partial charge in [0.25, 0.3) is 5.91 Å². The van der Waals surface area contributed by atoms with E-state index in [1.54, 1.807) is 11.8 Å². The molecule has 1 aliphatic rings. The zero-order valence-corrected chi connectivity index (χ0v) is 20.1. The topological polar surface area (TPSA) is 92.3 Å². The summed E-state index contributed by atoms with van der Waals surface area (Å²) < 4.78 is 28.5. The molecule has 2 heterocycles. The normalized spacial score (nSPS) is 15.9. The molecule has 0 atom stereocenters. The Balaban J connectivity index is 1.76. The van der Waals surface area contributed by atoms with E-state index in [2.05, 4.69) is 29.4 Å². The summed E-state index contributed by atoms with van der Waals surface area (Å²) in [4.78, 5) is 12.6. The van der Waals surface area contributed by atoms with Crippen LogP contribution in [0.2, 0.25) is 5.02 Å². The molecule has 1 saturated heterocycles. The number of benzene rings is 1. The number of halogens is 1. The number of sulfonamides is 1. The SMILES string of the molecule is CC(C)CSc1nnc(NC(=O)c2ccc(Cl)c(S(=O)(=O)N3CCCCCC3)c2)s1. The second kappa shape index (κ2) is 10.4. The number of amides is 1. The van der Waals surface area contributed by atoms with E-state index >= 15 is 0 Å². The van der Waals surface area contributed by atoms with Crippen molar-refractivity contribution in [3.63, 3.8) is 0 Å². The first-order valence-electron chi connectivity index (χ1n) is 9.84. The fraction of sp³-hybridized carbons (Fsp3) is 0.526. The highest BCUT2D eigenvalue weighted by Gasteiger charge is 2.28. The van der Waals surface area contributed by atoms with Crippen LogP contribution in [0.5, 0.6) is 0 Å². The standard InChI is InChI=1S/C19H25ClN4O3S3/c1-13(2)12-28-19-23-22-18(29-19)21-17(25)14-7-8-15(20)16(11-14)30(26,27)24-9-5-3-4-6-10-24/h7-8,11,13H,3-6,9-10,12H2,1-2H3,(H,21,22,25). The molecule has 1 amide bonds. The first-order chi connectivity index (χ1) is 14.3. The van der Waals surface area contributed by atoms with Gasteiger partial charge in [0.2, 0.25) is 15.2 Å². The highest BCUT2D eigenvalue weighted by Crippen LogP contribution is 2.29. The van der Waals surface area contributed by atoms with Crippen molar-refractivity contribution in [2.75, 3.05) is 24.2 Å². The maximum absolute atomic E-state index is 13.1. The molecule has 164 valence electrons. The van der Waals surface area contributed by atoms with E-state index < -0.39 is 15.9 Å². The van der Waals surface area contributed by atoms with Crippen LogP contribution in [0.15, 0.2) is 27.4 Å². The van der Waals surface area contributed by atoms with Crippen LogP contribution in [0.3, 0.4) is 0 Å². The summed E-state index contributed by atoms with van der Waals surface area (Å²) in [6.07, 6.45) is 3.68. The second-order valence-electron chi connectivity index (χ2n) is 7.50. The highest BCUT2D eigenvalue weighted by molar-refractivity contribution is 8.01. The Morgan fingerprint density at radius 3 is 2.60 bits per heavy atom. The largest absolute Gasteiger partial charge is 0.296 e. The van der Waals surface area contributed by atoms with Gasteiger partial charge in [0.15, 0.2) is 4.34 Å². The molecule has 3 rings (SSSR count). The fourth-order valence-electron chi connectivity index (χ4n) is 2.99. The van der Waals surface area contributed by atoms with Gasteiger partial charge in [-0.25, -0.2) is 8.42 Å². The number of anilines is 1. The summed E-state index contributed by atoms with van der Waals surface area (Å²) in [5.41, 5.74) is 0.208. The molecule has 30 heavy (non-hydrogen) atoms. The molecule has 0 saturated carbocycles.